The lowest BCUT2D eigenvalue weighted by Crippen LogP contribution is -2.61. The van der Waals surface area contributed by atoms with Crippen LogP contribution in [0.5, 0.6) is 0 Å². The van der Waals surface area contributed by atoms with Crippen LogP contribution in [-0.2, 0) is 9.59 Å². The van der Waals surface area contributed by atoms with Crippen molar-refractivity contribution in [3.8, 4) is 0 Å². The normalized spacial score (nSPS) is 46.8. The molecule has 0 aromatic carbocycles. The molecule has 6 atom stereocenters. The lowest BCUT2D eigenvalue weighted by molar-refractivity contribution is -0.161. The van der Waals surface area contributed by atoms with Gasteiger partial charge in [-0.25, -0.2) is 0 Å². The van der Waals surface area contributed by atoms with Gasteiger partial charge < -0.3 is 5.11 Å². The molecule has 5 rings (SSSR count). The summed E-state index contributed by atoms with van der Waals surface area (Å²) in [4.78, 5) is 25.2. The van der Waals surface area contributed by atoms with Crippen molar-refractivity contribution < 1.29 is 14.7 Å². The molecule has 0 heterocycles. The van der Waals surface area contributed by atoms with E-state index in [1.807, 2.05) is 6.92 Å². The van der Waals surface area contributed by atoms with Crippen molar-refractivity contribution in [3.05, 3.63) is 46.3 Å². The monoisotopic (exact) mass is 420 g/mol. The van der Waals surface area contributed by atoms with Crippen molar-refractivity contribution >= 4 is 11.6 Å². The van der Waals surface area contributed by atoms with E-state index in [0.29, 0.717) is 17.3 Å². The van der Waals surface area contributed by atoms with Crippen LogP contribution < -0.4 is 0 Å². The summed E-state index contributed by atoms with van der Waals surface area (Å²) in [5.74, 6) is 0.767. The fourth-order valence-corrected chi connectivity index (χ4v) is 8.39. The summed E-state index contributed by atoms with van der Waals surface area (Å²) < 4.78 is 0. The van der Waals surface area contributed by atoms with Crippen LogP contribution in [0.1, 0.15) is 80.1 Å². The van der Waals surface area contributed by atoms with E-state index in [2.05, 4.69) is 46.8 Å². The SMILES string of the molecule is CC1=C(O)C(=O)C=C2C1=CC=C1[C@@]2(C)CC[C@@]2(C)[C@@H]3C[C@H](C)C(=O)C[C@]3(C)CC[C@]12C. The van der Waals surface area contributed by atoms with Crippen LogP contribution in [0.2, 0.25) is 0 Å². The van der Waals surface area contributed by atoms with Crippen molar-refractivity contribution in [2.45, 2.75) is 80.1 Å². The van der Waals surface area contributed by atoms with Gasteiger partial charge in [0.15, 0.2) is 5.76 Å². The van der Waals surface area contributed by atoms with Crippen molar-refractivity contribution in [3.63, 3.8) is 0 Å². The molecular weight excluding hydrogens is 384 g/mol. The zero-order chi connectivity index (χ0) is 22.6. The van der Waals surface area contributed by atoms with E-state index in [0.717, 1.165) is 49.7 Å². The highest BCUT2D eigenvalue weighted by molar-refractivity contribution is 6.06. The molecule has 0 bridgehead atoms. The molecule has 31 heavy (non-hydrogen) atoms. The number of hydrogen-bond acceptors (Lipinski definition) is 3. The second-order valence-corrected chi connectivity index (χ2v) is 12.1. The first kappa shape index (κ1) is 21.0. The van der Waals surface area contributed by atoms with Crippen LogP contribution >= 0.6 is 0 Å². The van der Waals surface area contributed by atoms with E-state index in [9.17, 15) is 14.7 Å². The molecule has 5 aliphatic carbocycles. The Balaban J connectivity index is 1.65. The standard InChI is InChI=1S/C28H36O3/c1-16-13-23-25(3,15-21(16)30)9-11-27(5)22-8-7-18-17(2)24(31)20(29)14-19(18)26(22,4)10-12-28(23,27)6/h7-8,14,16,23,31H,9-13,15H2,1-6H3/t16-,23+,25-,26-,27+,28-/m0/s1. The van der Waals surface area contributed by atoms with Gasteiger partial charge in [0, 0.05) is 23.3 Å². The molecule has 0 aromatic heterocycles. The van der Waals surface area contributed by atoms with Gasteiger partial charge in [-0.1, -0.05) is 52.3 Å². The van der Waals surface area contributed by atoms with Gasteiger partial charge in [0.05, 0.1) is 0 Å². The third kappa shape index (κ3) is 2.41. The Morgan fingerprint density at radius 3 is 2.42 bits per heavy atom. The van der Waals surface area contributed by atoms with Gasteiger partial charge in [0.2, 0.25) is 5.78 Å². The maximum absolute atomic E-state index is 12.6. The topological polar surface area (TPSA) is 54.4 Å². The Morgan fingerprint density at radius 2 is 1.71 bits per heavy atom. The Morgan fingerprint density at radius 1 is 1.00 bits per heavy atom. The molecular formula is C28H36O3. The predicted molar refractivity (Wildman–Crippen MR) is 122 cm³/mol. The fourth-order valence-electron chi connectivity index (χ4n) is 8.39. The van der Waals surface area contributed by atoms with Crippen LogP contribution in [0.3, 0.4) is 0 Å². The van der Waals surface area contributed by atoms with Gasteiger partial charge in [0.1, 0.15) is 5.78 Å². The maximum atomic E-state index is 12.6. The number of Topliss-reactive ketones (excluding diaryl/α,β-unsaturated/α-hetero) is 1. The molecule has 3 saturated carbocycles. The quantitative estimate of drug-likeness (QED) is 0.492. The van der Waals surface area contributed by atoms with Crippen molar-refractivity contribution in [2.75, 3.05) is 0 Å². The van der Waals surface area contributed by atoms with E-state index in [-0.39, 0.29) is 39.1 Å². The van der Waals surface area contributed by atoms with Gasteiger partial charge in [-0.3, -0.25) is 9.59 Å². The van der Waals surface area contributed by atoms with Gasteiger partial charge in [-0.05, 0) is 78.4 Å². The fraction of sp³-hybridized carbons (Fsp3) is 0.643. The lowest BCUT2D eigenvalue weighted by atomic mass is 9.35. The Hall–Kier alpha value is -1.90. The summed E-state index contributed by atoms with van der Waals surface area (Å²) in [5, 5.41) is 10.2. The number of ketones is 2. The molecule has 0 radical (unpaired) electrons. The number of allylic oxidation sites excluding steroid dienone is 7. The second kappa shape index (κ2) is 6.11. The maximum Gasteiger partial charge on any atom is 0.220 e. The summed E-state index contributed by atoms with van der Waals surface area (Å²) in [7, 11) is 0. The highest BCUT2D eigenvalue weighted by Gasteiger charge is 2.66. The minimum absolute atomic E-state index is 0.0350. The highest BCUT2D eigenvalue weighted by atomic mass is 16.3. The Labute approximate surface area is 186 Å². The first-order chi connectivity index (χ1) is 14.4. The van der Waals surface area contributed by atoms with Gasteiger partial charge in [0.25, 0.3) is 0 Å². The number of rotatable bonds is 0. The molecule has 0 aliphatic heterocycles. The van der Waals surface area contributed by atoms with Crippen molar-refractivity contribution in [2.24, 2.45) is 33.5 Å². The average Bonchev–Trinajstić information content (AvgIpc) is 2.71. The summed E-state index contributed by atoms with van der Waals surface area (Å²) in [6.07, 6.45) is 12.2. The Kier molecular flexibility index (Phi) is 4.14. The first-order valence-electron chi connectivity index (χ1n) is 12.0. The first-order valence-corrected chi connectivity index (χ1v) is 12.0. The zero-order valence-electron chi connectivity index (χ0n) is 19.9. The number of fused-ring (bicyclic) bond motifs is 7. The number of aliphatic hydroxyl groups is 1. The van der Waals surface area contributed by atoms with Crippen molar-refractivity contribution in [1.29, 1.82) is 0 Å². The molecule has 0 aromatic rings. The molecule has 5 aliphatic rings. The van der Waals surface area contributed by atoms with E-state index in [4.69, 9.17) is 0 Å². The van der Waals surface area contributed by atoms with E-state index < -0.39 is 0 Å². The predicted octanol–water partition coefficient (Wildman–Crippen LogP) is 6.42. The molecule has 166 valence electrons. The molecule has 0 unspecified atom stereocenters. The Bertz CT molecular complexity index is 1040. The largest absolute Gasteiger partial charge is 0.504 e. The smallest absolute Gasteiger partial charge is 0.220 e. The summed E-state index contributed by atoms with van der Waals surface area (Å²) >= 11 is 0. The van der Waals surface area contributed by atoms with E-state index >= 15 is 0 Å². The number of hydrogen-bond donors (Lipinski definition) is 1. The summed E-state index contributed by atoms with van der Waals surface area (Å²) in [6.45, 7) is 13.6. The van der Waals surface area contributed by atoms with Gasteiger partial charge >= 0.3 is 0 Å². The highest BCUT2D eigenvalue weighted by Crippen LogP contribution is 2.74. The molecule has 0 spiro atoms. The van der Waals surface area contributed by atoms with Crippen LogP contribution in [0.15, 0.2) is 46.3 Å². The minimum Gasteiger partial charge on any atom is -0.504 e. The molecule has 0 saturated heterocycles. The number of carbonyl (C=O) groups excluding carboxylic acids is 2. The van der Waals surface area contributed by atoms with Crippen LogP contribution in [0, 0.1) is 33.5 Å². The molecule has 3 fully saturated rings. The molecule has 3 heteroatoms. The summed E-state index contributed by atoms with van der Waals surface area (Å²) in [6, 6.07) is 0. The third-order valence-corrected chi connectivity index (χ3v) is 10.7. The third-order valence-electron chi connectivity index (χ3n) is 10.7. The second-order valence-electron chi connectivity index (χ2n) is 12.1. The zero-order valence-corrected chi connectivity index (χ0v) is 19.9. The van der Waals surface area contributed by atoms with Crippen LogP contribution in [0.4, 0.5) is 0 Å². The minimum atomic E-state index is -0.263. The average molecular weight is 421 g/mol. The van der Waals surface area contributed by atoms with Crippen LogP contribution in [-0.4, -0.2) is 16.7 Å². The molecule has 3 nitrogen and oxygen atoms in total. The number of aliphatic hydroxyl groups excluding tert-OH is 1. The summed E-state index contributed by atoms with van der Waals surface area (Å²) in [5.41, 5.74) is 4.37. The molecule has 1 N–H and O–H groups in total. The van der Waals surface area contributed by atoms with Gasteiger partial charge in [-0.15, -0.1) is 0 Å². The number of carbonyl (C=O) groups is 2. The van der Waals surface area contributed by atoms with Gasteiger partial charge in [-0.2, -0.15) is 0 Å². The van der Waals surface area contributed by atoms with Crippen LogP contribution in [0.25, 0.3) is 0 Å². The molecule has 0 amide bonds. The lowest BCUT2D eigenvalue weighted by Gasteiger charge is -2.69. The van der Waals surface area contributed by atoms with Crippen molar-refractivity contribution in [1.82, 2.24) is 0 Å². The van der Waals surface area contributed by atoms with E-state index in [1.54, 1.807) is 6.08 Å². The van der Waals surface area contributed by atoms with E-state index in [1.165, 1.54) is 5.57 Å².